The van der Waals surface area contributed by atoms with Gasteiger partial charge in [-0.25, -0.2) is 0 Å². The Morgan fingerprint density at radius 2 is 1.93 bits per heavy atom. The number of ether oxygens (including phenoxy) is 2. The summed E-state index contributed by atoms with van der Waals surface area (Å²) >= 11 is 0. The summed E-state index contributed by atoms with van der Waals surface area (Å²) in [6.07, 6.45) is 2.58. The molecular formula is C10H20N2O2. The predicted molar refractivity (Wildman–Crippen MR) is 55.0 cm³/mol. The van der Waals surface area contributed by atoms with Gasteiger partial charge in [-0.1, -0.05) is 0 Å². The monoisotopic (exact) mass is 200 g/mol. The molecule has 0 aliphatic carbocycles. The number of rotatable bonds is 10. The highest BCUT2D eigenvalue weighted by molar-refractivity contribution is 4.68. The largest absolute Gasteiger partial charge is 0.382 e. The standard InChI is InChI=1S/C10H20N2O2/c1-13-9-10-14-8-4-7-12-6-3-2-5-11/h12H,2-4,6-10H2,1H3. The minimum absolute atomic E-state index is 0.636. The Morgan fingerprint density at radius 1 is 1.14 bits per heavy atom. The molecule has 0 fully saturated rings. The Labute approximate surface area is 86.2 Å². The molecule has 14 heavy (non-hydrogen) atoms. The molecule has 0 aromatic heterocycles. The third-order valence-electron chi connectivity index (χ3n) is 1.72. The lowest BCUT2D eigenvalue weighted by molar-refractivity contribution is 0.0695. The molecule has 1 N–H and O–H groups in total. The second kappa shape index (κ2) is 12.4. The van der Waals surface area contributed by atoms with Crippen molar-refractivity contribution in [2.24, 2.45) is 0 Å². The molecule has 0 bridgehead atoms. The normalized spacial score (nSPS) is 10.0. The van der Waals surface area contributed by atoms with Crippen LogP contribution in [0.25, 0.3) is 0 Å². The SMILES string of the molecule is COCCOCCCNCCCC#N. The summed E-state index contributed by atoms with van der Waals surface area (Å²) in [5.41, 5.74) is 0. The molecular weight excluding hydrogens is 180 g/mol. The number of methoxy groups -OCH3 is 1. The molecule has 0 rings (SSSR count). The van der Waals surface area contributed by atoms with Crippen LogP contribution in [-0.2, 0) is 9.47 Å². The molecule has 0 unspecified atom stereocenters. The van der Waals surface area contributed by atoms with E-state index in [0.29, 0.717) is 19.6 Å². The zero-order valence-corrected chi connectivity index (χ0v) is 8.92. The summed E-state index contributed by atoms with van der Waals surface area (Å²) in [7, 11) is 1.67. The first-order valence-corrected chi connectivity index (χ1v) is 5.06. The van der Waals surface area contributed by atoms with Crippen LogP contribution in [0.3, 0.4) is 0 Å². The van der Waals surface area contributed by atoms with Crippen molar-refractivity contribution in [3.05, 3.63) is 0 Å². The van der Waals surface area contributed by atoms with Gasteiger partial charge < -0.3 is 14.8 Å². The van der Waals surface area contributed by atoms with E-state index in [0.717, 1.165) is 32.5 Å². The van der Waals surface area contributed by atoms with Gasteiger partial charge in [0.2, 0.25) is 0 Å². The summed E-state index contributed by atoms with van der Waals surface area (Å²) in [4.78, 5) is 0. The Hall–Kier alpha value is -0.630. The van der Waals surface area contributed by atoms with Gasteiger partial charge in [0, 0.05) is 20.1 Å². The number of unbranched alkanes of at least 4 members (excludes halogenated alkanes) is 1. The van der Waals surface area contributed by atoms with E-state index in [4.69, 9.17) is 14.7 Å². The fourth-order valence-corrected chi connectivity index (χ4v) is 0.961. The molecule has 0 aromatic rings. The van der Waals surface area contributed by atoms with Crippen LogP contribution in [0.5, 0.6) is 0 Å². The molecule has 0 aliphatic rings. The summed E-state index contributed by atoms with van der Waals surface area (Å²) < 4.78 is 10.1. The maximum atomic E-state index is 8.28. The van der Waals surface area contributed by atoms with Crippen LogP contribution < -0.4 is 5.32 Å². The molecule has 0 saturated heterocycles. The van der Waals surface area contributed by atoms with Crippen LogP contribution in [0.4, 0.5) is 0 Å². The van der Waals surface area contributed by atoms with Gasteiger partial charge in [-0.3, -0.25) is 0 Å². The minimum atomic E-state index is 0.636. The summed E-state index contributed by atoms with van der Waals surface area (Å²) in [5.74, 6) is 0. The van der Waals surface area contributed by atoms with Gasteiger partial charge in [-0.05, 0) is 25.9 Å². The van der Waals surface area contributed by atoms with Crippen LogP contribution in [-0.4, -0.2) is 40.0 Å². The van der Waals surface area contributed by atoms with Gasteiger partial charge in [0.25, 0.3) is 0 Å². The van der Waals surface area contributed by atoms with Crippen molar-refractivity contribution < 1.29 is 9.47 Å². The highest BCUT2D eigenvalue weighted by Gasteiger charge is 1.89. The number of hydrogen-bond acceptors (Lipinski definition) is 4. The molecule has 4 heteroatoms. The van der Waals surface area contributed by atoms with Crippen LogP contribution in [0.15, 0.2) is 0 Å². The highest BCUT2D eigenvalue weighted by atomic mass is 16.5. The summed E-state index contributed by atoms with van der Waals surface area (Å²) in [6, 6.07) is 2.11. The van der Waals surface area contributed by atoms with E-state index < -0.39 is 0 Å². The summed E-state index contributed by atoms with van der Waals surface area (Å²) in [5, 5.41) is 11.5. The fourth-order valence-electron chi connectivity index (χ4n) is 0.961. The van der Waals surface area contributed by atoms with Crippen molar-refractivity contribution in [2.75, 3.05) is 40.0 Å². The van der Waals surface area contributed by atoms with Crippen molar-refractivity contribution in [1.29, 1.82) is 5.26 Å². The predicted octanol–water partition coefficient (Wildman–Crippen LogP) is 0.933. The lowest BCUT2D eigenvalue weighted by Gasteiger charge is -2.04. The van der Waals surface area contributed by atoms with Gasteiger partial charge >= 0.3 is 0 Å². The number of nitrogens with one attached hydrogen (secondary N) is 1. The number of nitriles is 1. The van der Waals surface area contributed by atoms with E-state index in [1.807, 2.05) is 0 Å². The lowest BCUT2D eigenvalue weighted by Crippen LogP contribution is -2.18. The first-order valence-electron chi connectivity index (χ1n) is 5.06. The average molecular weight is 200 g/mol. The number of nitrogens with zero attached hydrogens (tertiary/aromatic N) is 1. The molecule has 0 radical (unpaired) electrons. The quantitative estimate of drug-likeness (QED) is 0.533. The van der Waals surface area contributed by atoms with Crippen molar-refractivity contribution in [3.8, 4) is 6.07 Å². The van der Waals surface area contributed by atoms with E-state index in [1.165, 1.54) is 0 Å². The molecule has 0 aromatic carbocycles. The zero-order valence-electron chi connectivity index (χ0n) is 8.92. The van der Waals surface area contributed by atoms with E-state index in [1.54, 1.807) is 7.11 Å². The average Bonchev–Trinajstić information content (AvgIpc) is 2.21. The molecule has 0 spiro atoms. The van der Waals surface area contributed by atoms with Crippen molar-refractivity contribution in [1.82, 2.24) is 5.32 Å². The van der Waals surface area contributed by atoms with Crippen LogP contribution in [0.2, 0.25) is 0 Å². The molecule has 0 aliphatic heterocycles. The van der Waals surface area contributed by atoms with E-state index in [-0.39, 0.29) is 0 Å². The summed E-state index contributed by atoms with van der Waals surface area (Å²) in [6.45, 7) is 3.99. The Bertz CT molecular complexity index is 146. The Morgan fingerprint density at radius 3 is 2.64 bits per heavy atom. The maximum Gasteiger partial charge on any atom is 0.0700 e. The van der Waals surface area contributed by atoms with Gasteiger partial charge in [0.1, 0.15) is 0 Å². The smallest absolute Gasteiger partial charge is 0.0700 e. The van der Waals surface area contributed by atoms with E-state index in [2.05, 4.69) is 11.4 Å². The van der Waals surface area contributed by atoms with E-state index >= 15 is 0 Å². The second-order valence-corrected chi connectivity index (χ2v) is 2.97. The van der Waals surface area contributed by atoms with Crippen LogP contribution in [0, 0.1) is 11.3 Å². The molecule has 0 saturated carbocycles. The molecule has 4 nitrogen and oxygen atoms in total. The van der Waals surface area contributed by atoms with Crippen molar-refractivity contribution in [2.45, 2.75) is 19.3 Å². The van der Waals surface area contributed by atoms with Gasteiger partial charge in [0.15, 0.2) is 0 Å². The second-order valence-electron chi connectivity index (χ2n) is 2.97. The van der Waals surface area contributed by atoms with Crippen LogP contribution >= 0.6 is 0 Å². The van der Waals surface area contributed by atoms with Gasteiger partial charge in [0.05, 0.1) is 19.3 Å². The van der Waals surface area contributed by atoms with Gasteiger partial charge in [-0.15, -0.1) is 0 Å². The maximum absolute atomic E-state index is 8.28. The molecule has 0 heterocycles. The van der Waals surface area contributed by atoms with Crippen molar-refractivity contribution in [3.63, 3.8) is 0 Å². The Kier molecular flexibility index (Phi) is 11.8. The molecule has 82 valence electrons. The van der Waals surface area contributed by atoms with Gasteiger partial charge in [-0.2, -0.15) is 5.26 Å². The minimum Gasteiger partial charge on any atom is -0.382 e. The van der Waals surface area contributed by atoms with Crippen LogP contribution in [0.1, 0.15) is 19.3 Å². The zero-order chi connectivity index (χ0) is 10.5. The molecule has 0 amide bonds. The lowest BCUT2D eigenvalue weighted by atomic mass is 10.3. The number of hydrogen-bond donors (Lipinski definition) is 1. The van der Waals surface area contributed by atoms with E-state index in [9.17, 15) is 0 Å². The Balaban J connectivity index is 2.82. The fraction of sp³-hybridized carbons (Fsp3) is 0.900. The topological polar surface area (TPSA) is 54.3 Å². The third-order valence-corrected chi connectivity index (χ3v) is 1.72. The third kappa shape index (κ3) is 11.4. The first kappa shape index (κ1) is 13.4. The molecule has 0 atom stereocenters. The first-order chi connectivity index (χ1) is 6.91. The van der Waals surface area contributed by atoms with Crippen molar-refractivity contribution >= 4 is 0 Å². The highest BCUT2D eigenvalue weighted by Crippen LogP contribution is 1.85.